The normalized spacial score (nSPS) is 14.8. The van der Waals surface area contributed by atoms with Crippen molar-refractivity contribution in [2.75, 3.05) is 38.6 Å². The van der Waals surface area contributed by atoms with E-state index in [0.717, 1.165) is 32.2 Å². The number of hydrogen-bond donors (Lipinski definition) is 1. The fourth-order valence-electron chi connectivity index (χ4n) is 2.85. The second kappa shape index (κ2) is 9.94. The molecule has 0 unspecified atom stereocenters. The summed E-state index contributed by atoms with van der Waals surface area (Å²) in [5.41, 5.74) is 0.353. The Morgan fingerprint density at radius 2 is 2.00 bits per heavy atom. The monoisotopic (exact) mass is 363 g/mol. The Balaban J connectivity index is 1.82. The first kappa shape index (κ1) is 19.9. The zero-order valence-electron chi connectivity index (χ0n) is 15.9. The summed E-state index contributed by atoms with van der Waals surface area (Å²) in [7, 11) is 1.78. The summed E-state index contributed by atoms with van der Waals surface area (Å²) < 4.78 is 5.02. The minimum atomic E-state index is -0.249. The molecule has 8 heteroatoms. The molecule has 1 aromatic rings. The van der Waals surface area contributed by atoms with Crippen molar-refractivity contribution in [1.82, 2.24) is 20.0 Å². The highest BCUT2D eigenvalue weighted by Crippen LogP contribution is 2.16. The minimum absolute atomic E-state index is 0.111. The highest BCUT2D eigenvalue weighted by molar-refractivity contribution is 5.92. The van der Waals surface area contributed by atoms with Crippen LogP contribution in [0.2, 0.25) is 0 Å². The quantitative estimate of drug-likeness (QED) is 0.800. The van der Waals surface area contributed by atoms with Gasteiger partial charge >= 0.3 is 6.09 Å². The van der Waals surface area contributed by atoms with Crippen molar-refractivity contribution < 1.29 is 14.3 Å². The molecule has 2 heterocycles. The van der Waals surface area contributed by atoms with Gasteiger partial charge in [0.15, 0.2) is 5.69 Å². The lowest BCUT2D eigenvalue weighted by Gasteiger charge is -2.31. The fraction of sp³-hybridized carbons (Fsp3) is 0.667. The van der Waals surface area contributed by atoms with E-state index < -0.39 is 0 Å². The zero-order valence-corrected chi connectivity index (χ0v) is 15.9. The predicted octanol–water partition coefficient (Wildman–Crippen LogP) is 2.38. The highest BCUT2D eigenvalue weighted by atomic mass is 16.6. The first-order valence-electron chi connectivity index (χ1n) is 9.32. The predicted molar refractivity (Wildman–Crippen MR) is 99.1 cm³/mol. The van der Waals surface area contributed by atoms with Gasteiger partial charge in [0.25, 0.3) is 5.91 Å². The van der Waals surface area contributed by atoms with Crippen molar-refractivity contribution >= 4 is 17.8 Å². The molecule has 0 radical (unpaired) electrons. The van der Waals surface area contributed by atoms with Crippen molar-refractivity contribution in [3.05, 3.63) is 17.8 Å². The van der Waals surface area contributed by atoms with Crippen LogP contribution in [0.5, 0.6) is 0 Å². The molecule has 0 atom stereocenters. The van der Waals surface area contributed by atoms with Crippen LogP contribution in [-0.4, -0.2) is 71.3 Å². The van der Waals surface area contributed by atoms with Crippen molar-refractivity contribution in [2.45, 2.75) is 45.6 Å². The maximum absolute atomic E-state index is 12.3. The molecule has 8 nitrogen and oxygen atoms in total. The van der Waals surface area contributed by atoms with Crippen molar-refractivity contribution in [3.63, 3.8) is 0 Å². The summed E-state index contributed by atoms with van der Waals surface area (Å²) in [5, 5.41) is 11.5. The molecule has 1 N–H and O–H groups in total. The smallest absolute Gasteiger partial charge is 0.409 e. The van der Waals surface area contributed by atoms with E-state index in [1.165, 1.54) is 0 Å². The molecule has 1 saturated heterocycles. The molecule has 0 spiro atoms. The second-order valence-corrected chi connectivity index (χ2v) is 6.49. The Labute approximate surface area is 154 Å². The van der Waals surface area contributed by atoms with Crippen LogP contribution in [0.15, 0.2) is 12.1 Å². The van der Waals surface area contributed by atoms with E-state index in [2.05, 4.69) is 22.4 Å². The highest BCUT2D eigenvalue weighted by Gasteiger charge is 2.23. The molecule has 2 amide bonds. The number of nitrogens with one attached hydrogen (secondary N) is 1. The summed E-state index contributed by atoms with van der Waals surface area (Å²) >= 11 is 0. The number of carbonyl (C=O) groups is 2. The van der Waals surface area contributed by atoms with Crippen molar-refractivity contribution in [2.24, 2.45) is 0 Å². The van der Waals surface area contributed by atoms with Crippen LogP contribution in [0, 0.1) is 0 Å². The summed E-state index contributed by atoms with van der Waals surface area (Å²) in [6.07, 6.45) is 3.41. The van der Waals surface area contributed by atoms with Gasteiger partial charge in [-0.3, -0.25) is 4.79 Å². The number of aromatic nitrogens is 2. The van der Waals surface area contributed by atoms with Crippen LogP contribution in [0.3, 0.4) is 0 Å². The molecule has 1 aromatic heterocycles. The number of likely N-dealkylation sites (tertiary alicyclic amines) is 1. The van der Waals surface area contributed by atoms with E-state index >= 15 is 0 Å². The number of rotatable bonds is 7. The lowest BCUT2D eigenvalue weighted by molar-refractivity contribution is 0.0786. The topological polar surface area (TPSA) is 87.7 Å². The molecular weight excluding hydrogens is 334 g/mol. The van der Waals surface area contributed by atoms with Crippen LogP contribution >= 0.6 is 0 Å². The Bertz CT molecular complexity index is 585. The maximum Gasteiger partial charge on any atom is 0.409 e. The molecular formula is C18H29N5O3. The molecule has 26 heavy (non-hydrogen) atoms. The number of unbranched alkanes of at least 4 members (excludes halogenated alkanes) is 1. The van der Waals surface area contributed by atoms with Gasteiger partial charge in [-0.25, -0.2) is 4.79 Å². The molecule has 0 aliphatic carbocycles. The lowest BCUT2D eigenvalue weighted by atomic mass is 10.1. The number of carbonyl (C=O) groups excluding carboxylic acids is 2. The Morgan fingerprint density at radius 1 is 1.27 bits per heavy atom. The molecule has 0 bridgehead atoms. The Hall–Kier alpha value is -2.38. The number of nitrogens with zero attached hydrogens (tertiary/aromatic N) is 4. The van der Waals surface area contributed by atoms with Gasteiger partial charge in [-0.05, 0) is 38.3 Å². The molecule has 144 valence electrons. The number of ether oxygens (including phenoxy) is 1. The van der Waals surface area contributed by atoms with Gasteiger partial charge in [-0.1, -0.05) is 13.3 Å². The first-order valence-corrected chi connectivity index (χ1v) is 9.32. The number of anilines is 1. The summed E-state index contributed by atoms with van der Waals surface area (Å²) in [6.45, 7) is 6.32. The second-order valence-electron chi connectivity index (χ2n) is 6.49. The maximum atomic E-state index is 12.3. The van der Waals surface area contributed by atoms with Gasteiger partial charge in [0.2, 0.25) is 0 Å². The molecule has 1 fully saturated rings. The van der Waals surface area contributed by atoms with E-state index in [1.807, 2.05) is 0 Å². The standard InChI is InChI=1S/C18H29N5O3/c1-4-6-11-22(3)17(24)15-7-8-16(21-20-15)19-14-9-12-23(13-10-14)18(25)26-5-2/h7-8,14H,4-6,9-13H2,1-3H3,(H,19,21). The van der Waals surface area contributed by atoms with Crippen molar-refractivity contribution in [3.8, 4) is 0 Å². The van der Waals surface area contributed by atoms with Crippen LogP contribution in [0.25, 0.3) is 0 Å². The summed E-state index contributed by atoms with van der Waals surface area (Å²) in [6, 6.07) is 3.71. The van der Waals surface area contributed by atoms with Crippen LogP contribution in [0.1, 0.15) is 50.0 Å². The molecule has 0 aromatic carbocycles. The minimum Gasteiger partial charge on any atom is -0.450 e. The largest absolute Gasteiger partial charge is 0.450 e. The third kappa shape index (κ3) is 5.57. The first-order chi connectivity index (χ1) is 12.5. The average molecular weight is 363 g/mol. The van der Waals surface area contributed by atoms with Crippen LogP contribution < -0.4 is 5.32 Å². The molecule has 2 rings (SSSR count). The summed E-state index contributed by atoms with van der Waals surface area (Å²) in [5.74, 6) is 0.535. The zero-order chi connectivity index (χ0) is 18.9. The van der Waals surface area contributed by atoms with Gasteiger partial charge in [0, 0.05) is 32.7 Å². The van der Waals surface area contributed by atoms with E-state index in [1.54, 1.807) is 35.9 Å². The fourth-order valence-corrected chi connectivity index (χ4v) is 2.85. The number of piperidine rings is 1. The molecule has 0 saturated carbocycles. The number of hydrogen-bond acceptors (Lipinski definition) is 6. The van der Waals surface area contributed by atoms with Gasteiger partial charge in [-0.2, -0.15) is 0 Å². The summed E-state index contributed by atoms with van der Waals surface area (Å²) in [4.78, 5) is 27.4. The van der Waals surface area contributed by atoms with Gasteiger partial charge in [0.1, 0.15) is 5.82 Å². The molecule has 1 aliphatic rings. The third-order valence-corrected chi connectivity index (χ3v) is 4.45. The van der Waals surface area contributed by atoms with E-state index in [4.69, 9.17) is 4.74 Å². The molecule has 1 aliphatic heterocycles. The van der Waals surface area contributed by atoms with Crippen molar-refractivity contribution in [1.29, 1.82) is 0 Å². The van der Waals surface area contributed by atoms with Gasteiger partial charge < -0.3 is 19.9 Å². The Kier molecular flexibility index (Phi) is 7.62. The number of amides is 2. The Morgan fingerprint density at radius 3 is 2.58 bits per heavy atom. The van der Waals surface area contributed by atoms with E-state index in [0.29, 0.717) is 31.2 Å². The average Bonchev–Trinajstić information content (AvgIpc) is 2.67. The van der Waals surface area contributed by atoms with E-state index in [9.17, 15) is 9.59 Å². The van der Waals surface area contributed by atoms with Crippen LogP contribution in [-0.2, 0) is 4.74 Å². The van der Waals surface area contributed by atoms with E-state index in [-0.39, 0.29) is 18.0 Å². The third-order valence-electron chi connectivity index (χ3n) is 4.45. The van der Waals surface area contributed by atoms with Gasteiger partial charge in [0.05, 0.1) is 6.61 Å². The SMILES string of the molecule is CCCCN(C)C(=O)c1ccc(NC2CCN(C(=O)OCC)CC2)nn1. The van der Waals surface area contributed by atoms with Gasteiger partial charge in [-0.15, -0.1) is 10.2 Å². The van der Waals surface area contributed by atoms with Crippen LogP contribution in [0.4, 0.5) is 10.6 Å². The lowest BCUT2D eigenvalue weighted by Crippen LogP contribution is -2.42.